The number of amides is 1. The molecule has 2 aromatic carbocycles. The van der Waals surface area contributed by atoms with Crippen molar-refractivity contribution in [3.8, 4) is 16.9 Å². The van der Waals surface area contributed by atoms with Crippen molar-refractivity contribution < 1.29 is 4.79 Å². The summed E-state index contributed by atoms with van der Waals surface area (Å²) < 4.78 is 3.22. The van der Waals surface area contributed by atoms with Crippen LogP contribution in [0.2, 0.25) is 15.1 Å². The lowest BCUT2D eigenvalue weighted by Crippen LogP contribution is -2.32. The Morgan fingerprint density at radius 1 is 1.03 bits per heavy atom. The van der Waals surface area contributed by atoms with Crippen LogP contribution in [0.5, 0.6) is 0 Å². The molecule has 0 spiro atoms. The fourth-order valence-electron chi connectivity index (χ4n) is 3.74. The van der Waals surface area contributed by atoms with Crippen molar-refractivity contribution in [2.24, 2.45) is 5.92 Å². The molecule has 0 aliphatic rings. The summed E-state index contributed by atoms with van der Waals surface area (Å²) in [6, 6.07) is 14.0. The molecule has 33 heavy (non-hydrogen) atoms. The highest BCUT2D eigenvalue weighted by Gasteiger charge is 2.24. The molecule has 0 saturated carbocycles. The first-order chi connectivity index (χ1) is 15.7. The average molecular weight is 504 g/mol. The van der Waals surface area contributed by atoms with Crippen molar-refractivity contribution in [2.75, 3.05) is 7.05 Å². The molecular formula is C24H21Cl3N4O2. The van der Waals surface area contributed by atoms with Crippen molar-refractivity contribution in [3.05, 3.63) is 79.5 Å². The van der Waals surface area contributed by atoms with Crippen molar-refractivity contribution in [3.63, 3.8) is 0 Å². The maximum absolute atomic E-state index is 13.3. The summed E-state index contributed by atoms with van der Waals surface area (Å²) >= 11 is 18.8. The van der Waals surface area contributed by atoms with E-state index in [0.717, 1.165) is 5.56 Å². The van der Waals surface area contributed by atoms with Gasteiger partial charge in [0.1, 0.15) is 5.56 Å². The number of nitrogens with zero attached hydrogens (tertiary/aromatic N) is 3. The topological polar surface area (TPSA) is 68.9 Å². The van der Waals surface area contributed by atoms with Crippen LogP contribution >= 0.6 is 34.8 Å². The first-order valence-electron chi connectivity index (χ1n) is 10.3. The molecule has 9 heteroatoms. The number of pyridine rings is 1. The molecule has 2 heterocycles. The Bertz CT molecular complexity index is 1420. The van der Waals surface area contributed by atoms with Crippen LogP contribution in [0.3, 0.4) is 0 Å². The zero-order valence-corrected chi connectivity index (χ0v) is 20.5. The summed E-state index contributed by atoms with van der Waals surface area (Å²) in [4.78, 5) is 25.8. The quantitative estimate of drug-likeness (QED) is 0.372. The second-order valence-corrected chi connectivity index (χ2v) is 9.33. The van der Waals surface area contributed by atoms with E-state index in [1.165, 1.54) is 7.05 Å². The molecule has 0 aliphatic carbocycles. The molecule has 0 unspecified atom stereocenters. The van der Waals surface area contributed by atoms with Gasteiger partial charge >= 0.3 is 0 Å². The molecular weight excluding hydrogens is 483 g/mol. The third-order valence-corrected chi connectivity index (χ3v) is 5.99. The van der Waals surface area contributed by atoms with Gasteiger partial charge in [0.25, 0.3) is 11.5 Å². The number of benzene rings is 2. The largest absolute Gasteiger partial charge is 0.355 e. The second-order valence-electron chi connectivity index (χ2n) is 8.05. The Kier molecular flexibility index (Phi) is 6.52. The van der Waals surface area contributed by atoms with Gasteiger partial charge < -0.3 is 5.32 Å². The fraction of sp³-hybridized carbons (Fsp3) is 0.208. The molecule has 4 aromatic rings. The molecule has 0 bridgehead atoms. The molecule has 0 radical (unpaired) electrons. The minimum atomic E-state index is -0.460. The van der Waals surface area contributed by atoms with Crippen LogP contribution in [-0.4, -0.2) is 27.3 Å². The SMILES string of the molecule is CNC(=O)c1cc2c(-c3ccc(Cl)cc3)n(-c3ccc(Cl)cc3Cl)nc2n(CC(C)C)c1=O. The summed E-state index contributed by atoms with van der Waals surface area (Å²) in [5, 5.41) is 9.47. The van der Waals surface area contributed by atoms with Gasteiger partial charge in [-0.25, -0.2) is 4.68 Å². The van der Waals surface area contributed by atoms with Gasteiger partial charge in [-0.05, 0) is 42.3 Å². The fourth-order valence-corrected chi connectivity index (χ4v) is 4.36. The number of fused-ring (bicyclic) bond motifs is 1. The van der Waals surface area contributed by atoms with Gasteiger partial charge in [0.05, 0.1) is 16.4 Å². The van der Waals surface area contributed by atoms with Gasteiger partial charge in [0.2, 0.25) is 0 Å². The van der Waals surface area contributed by atoms with Crippen LogP contribution in [0.1, 0.15) is 24.2 Å². The minimum Gasteiger partial charge on any atom is -0.355 e. The van der Waals surface area contributed by atoms with E-state index in [0.29, 0.717) is 44.0 Å². The number of rotatable bonds is 5. The average Bonchev–Trinajstić information content (AvgIpc) is 3.14. The lowest BCUT2D eigenvalue weighted by molar-refractivity contribution is 0.0961. The molecule has 170 valence electrons. The molecule has 1 amide bonds. The summed E-state index contributed by atoms with van der Waals surface area (Å²) in [6.45, 7) is 4.39. The van der Waals surface area contributed by atoms with E-state index in [1.54, 1.807) is 45.6 Å². The molecule has 0 aliphatic heterocycles. The lowest BCUT2D eigenvalue weighted by atomic mass is 10.1. The van der Waals surface area contributed by atoms with Gasteiger partial charge in [-0.1, -0.05) is 60.8 Å². The van der Waals surface area contributed by atoms with Crippen molar-refractivity contribution in [1.29, 1.82) is 0 Å². The third-order valence-electron chi connectivity index (χ3n) is 5.20. The van der Waals surface area contributed by atoms with E-state index in [-0.39, 0.29) is 11.5 Å². The van der Waals surface area contributed by atoms with Gasteiger partial charge in [-0.15, -0.1) is 5.10 Å². The van der Waals surface area contributed by atoms with Gasteiger partial charge in [-0.2, -0.15) is 0 Å². The van der Waals surface area contributed by atoms with Gasteiger partial charge in [-0.3, -0.25) is 14.2 Å². The van der Waals surface area contributed by atoms with Crippen molar-refractivity contribution in [1.82, 2.24) is 19.7 Å². The Morgan fingerprint density at radius 2 is 1.70 bits per heavy atom. The molecule has 0 atom stereocenters. The Labute approximate surface area is 205 Å². The van der Waals surface area contributed by atoms with E-state index in [4.69, 9.17) is 39.9 Å². The van der Waals surface area contributed by atoms with Crippen LogP contribution in [-0.2, 0) is 6.54 Å². The normalized spacial score (nSPS) is 11.4. The number of nitrogens with one attached hydrogen (secondary N) is 1. The molecule has 0 fully saturated rings. The Balaban J connectivity index is 2.17. The number of hydrogen-bond acceptors (Lipinski definition) is 3. The molecule has 4 rings (SSSR count). The van der Waals surface area contributed by atoms with E-state index in [2.05, 4.69) is 5.32 Å². The number of carbonyl (C=O) groups excluding carboxylic acids is 1. The zero-order valence-electron chi connectivity index (χ0n) is 18.2. The van der Waals surface area contributed by atoms with Crippen LogP contribution in [0.25, 0.3) is 28.0 Å². The maximum Gasteiger partial charge on any atom is 0.265 e. The molecule has 1 N–H and O–H groups in total. The van der Waals surface area contributed by atoms with E-state index >= 15 is 0 Å². The van der Waals surface area contributed by atoms with E-state index < -0.39 is 11.5 Å². The van der Waals surface area contributed by atoms with Crippen molar-refractivity contribution in [2.45, 2.75) is 20.4 Å². The minimum absolute atomic E-state index is 0.0441. The predicted octanol–water partition coefficient (Wildman–Crippen LogP) is 5.83. The van der Waals surface area contributed by atoms with E-state index in [1.807, 2.05) is 26.0 Å². The second kappa shape index (κ2) is 9.21. The smallest absolute Gasteiger partial charge is 0.265 e. The highest BCUT2D eigenvalue weighted by atomic mass is 35.5. The highest BCUT2D eigenvalue weighted by Crippen LogP contribution is 2.35. The zero-order chi connectivity index (χ0) is 23.9. The number of hydrogen-bond donors (Lipinski definition) is 1. The van der Waals surface area contributed by atoms with Gasteiger partial charge in [0.15, 0.2) is 5.65 Å². The van der Waals surface area contributed by atoms with E-state index in [9.17, 15) is 9.59 Å². The summed E-state index contributed by atoms with van der Waals surface area (Å²) in [6.07, 6.45) is 0. The Morgan fingerprint density at radius 3 is 2.30 bits per heavy atom. The van der Waals surface area contributed by atoms with Crippen LogP contribution in [0.4, 0.5) is 0 Å². The number of carbonyl (C=O) groups is 1. The monoisotopic (exact) mass is 502 g/mol. The lowest BCUT2D eigenvalue weighted by Gasteiger charge is -2.12. The van der Waals surface area contributed by atoms with Crippen LogP contribution in [0, 0.1) is 5.92 Å². The summed E-state index contributed by atoms with van der Waals surface area (Å²) in [5.74, 6) is -0.312. The van der Waals surface area contributed by atoms with Crippen LogP contribution in [0.15, 0.2) is 53.3 Å². The Hall–Kier alpha value is -2.80. The molecule has 2 aromatic heterocycles. The molecule has 6 nitrogen and oxygen atoms in total. The van der Waals surface area contributed by atoms with Crippen LogP contribution < -0.4 is 10.9 Å². The summed E-state index contributed by atoms with van der Waals surface area (Å²) in [7, 11) is 1.50. The number of halogens is 3. The van der Waals surface area contributed by atoms with Gasteiger partial charge in [0, 0.05) is 34.6 Å². The first kappa shape index (κ1) is 23.4. The van der Waals surface area contributed by atoms with Crippen molar-refractivity contribution >= 4 is 51.7 Å². The first-order valence-corrected chi connectivity index (χ1v) is 11.4. The predicted molar refractivity (Wildman–Crippen MR) is 134 cm³/mol. The third kappa shape index (κ3) is 4.38. The summed E-state index contributed by atoms with van der Waals surface area (Å²) in [5.41, 5.74) is 2.16. The maximum atomic E-state index is 13.3. The standard InChI is InChI=1S/C24H21Cl3N4O2/c1-13(2)12-30-22-17(11-18(24(30)33)23(32)28-3)21(14-4-6-15(25)7-5-14)31(29-22)20-9-8-16(26)10-19(20)27/h4-11,13H,12H2,1-3H3,(H,28,32). The molecule has 0 saturated heterocycles. The highest BCUT2D eigenvalue weighted by molar-refractivity contribution is 6.35. The number of aromatic nitrogens is 3.